The summed E-state index contributed by atoms with van der Waals surface area (Å²) in [7, 11) is 3.16. The minimum Gasteiger partial charge on any atom is -0.468 e. The van der Waals surface area contributed by atoms with Crippen molar-refractivity contribution in [2.75, 3.05) is 27.4 Å². The summed E-state index contributed by atoms with van der Waals surface area (Å²) in [4.78, 5) is 12.4. The van der Waals surface area contributed by atoms with Crippen LogP contribution in [0.25, 0.3) is 0 Å². The highest BCUT2D eigenvalue weighted by Crippen LogP contribution is 2.44. The van der Waals surface area contributed by atoms with Crippen LogP contribution in [-0.2, 0) is 14.3 Å². The fourth-order valence-electron chi connectivity index (χ4n) is 3.43. The van der Waals surface area contributed by atoms with Gasteiger partial charge in [-0.1, -0.05) is 33.6 Å². The highest BCUT2D eigenvalue weighted by atomic mass is 16.5. The molecule has 0 aromatic rings. The van der Waals surface area contributed by atoms with Gasteiger partial charge in [0.15, 0.2) is 0 Å². The van der Waals surface area contributed by atoms with E-state index < -0.39 is 5.54 Å². The average molecular weight is 271 g/mol. The summed E-state index contributed by atoms with van der Waals surface area (Å²) in [6, 6.07) is 0. The molecule has 2 atom stereocenters. The average Bonchev–Trinajstić information content (AvgIpc) is 2.37. The maximum Gasteiger partial charge on any atom is 0.326 e. The summed E-state index contributed by atoms with van der Waals surface area (Å²) in [5.74, 6) is 0.168. The molecule has 1 fully saturated rings. The molecular weight excluding hydrogens is 242 g/mol. The molecule has 19 heavy (non-hydrogen) atoms. The van der Waals surface area contributed by atoms with Crippen molar-refractivity contribution < 1.29 is 14.3 Å². The van der Waals surface area contributed by atoms with Gasteiger partial charge in [0.25, 0.3) is 0 Å². The molecule has 2 unspecified atom stereocenters. The molecule has 0 aromatic heterocycles. The second kappa shape index (κ2) is 6.71. The van der Waals surface area contributed by atoms with Crippen molar-refractivity contribution >= 4 is 5.97 Å². The first-order valence-electron chi connectivity index (χ1n) is 7.21. The topological polar surface area (TPSA) is 47.6 Å². The van der Waals surface area contributed by atoms with Crippen molar-refractivity contribution in [3.8, 4) is 0 Å². The summed E-state index contributed by atoms with van der Waals surface area (Å²) in [6.07, 6.45) is 4.18. The van der Waals surface area contributed by atoms with Gasteiger partial charge in [0.05, 0.1) is 13.7 Å². The zero-order valence-electron chi connectivity index (χ0n) is 13.0. The molecule has 0 bridgehead atoms. The van der Waals surface area contributed by atoms with Gasteiger partial charge in [-0.25, -0.2) is 0 Å². The van der Waals surface area contributed by atoms with Gasteiger partial charge in [0.2, 0.25) is 0 Å². The number of nitrogens with one attached hydrogen (secondary N) is 1. The lowest BCUT2D eigenvalue weighted by Crippen LogP contribution is -2.62. The van der Waals surface area contributed by atoms with Gasteiger partial charge in [-0.15, -0.1) is 0 Å². The van der Waals surface area contributed by atoms with Crippen LogP contribution in [-0.4, -0.2) is 38.9 Å². The van der Waals surface area contributed by atoms with Crippen LogP contribution < -0.4 is 5.32 Å². The van der Waals surface area contributed by atoms with Gasteiger partial charge in [0, 0.05) is 13.7 Å². The van der Waals surface area contributed by atoms with Crippen LogP contribution in [0.2, 0.25) is 0 Å². The van der Waals surface area contributed by atoms with Gasteiger partial charge in [-0.05, 0) is 24.2 Å². The normalized spacial score (nSPS) is 28.2. The molecule has 0 spiro atoms. The number of ether oxygens (including phenoxy) is 2. The van der Waals surface area contributed by atoms with Crippen LogP contribution in [0.4, 0.5) is 0 Å². The third-order valence-corrected chi connectivity index (χ3v) is 4.25. The summed E-state index contributed by atoms with van der Waals surface area (Å²) >= 11 is 0. The molecular formula is C15H29NO3. The monoisotopic (exact) mass is 271 g/mol. The van der Waals surface area contributed by atoms with Gasteiger partial charge in [-0.3, -0.25) is 10.1 Å². The van der Waals surface area contributed by atoms with Crippen molar-refractivity contribution in [2.24, 2.45) is 11.3 Å². The van der Waals surface area contributed by atoms with Gasteiger partial charge >= 0.3 is 5.97 Å². The van der Waals surface area contributed by atoms with Crippen LogP contribution in [0.15, 0.2) is 0 Å². The van der Waals surface area contributed by atoms with E-state index in [0.29, 0.717) is 13.2 Å². The minimum atomic E-state index is -0.552. The molecule has 0 heterocycles. The summed E-state index contributed by atoms with van der Waals surface area (Å²) < 4.78 is 10.2. The van der Waals surface area contributed by atoms with Gasteiger partial charge in [-0.2, -0.15) is 0 Å². The smallest absolute Gasteiger partial charge is 0.326 e. The molecule has 0 aliphatic heterocycles. The maximum absolute atomic E-state index is 12.4. The van der Waals surface area contributed by atoms with E-state index in [4.69, 9.17) is 9.47 Å². The van der Waals surface area contributed by atoms with Crippen molar-refractivity contribution in [3.05, 3.63) is 0 Å². The van der Waals surface area contributed by atoms with E-state index in [-0.39, 0.29) is 17.3 Å². The molecule has 1 N–H and O–H groups in total. The third kappa shape index (κ3) is 3.69. The van der Waals surface area contributed by atoms with E-state index in [1.807, 2.05) is 0 Å². The van der Waals surface area contributed by atoms with Gasteiger partial charge < -0.3 is 9.47 Å². The highest BCUT2D eigenvalue weighted by molar-refractivity contribution is 5.81. The van der Waals surface area contributed by atoms with Crippen molar-refractivity contribution in [1.82, 2.24) is 5.32 Å². The van der Waals surface area contributed by atoms with E-state index in [1.165, 1.54) is 13.5 Å². The molecule has 1 saturated carbocycles. The molecule has 0 radical (unpaired) electrons. The molecule has 1 aliphatic carbocycles. The standard InChI is InChI=1S/C15H29NO3/c1-14(2,3)12-8-6-7-9-15(12,13(17)19-5)16-10-11-18-4/h12,16H,6-11H2,1-5H3. The number of hydrogen-bond acceptors (Lipinski definition) is 4. The number of carbonyl (C=O) groups is 1. The SMILES string of the molecule is COCCNC1(C(=O)OC)CCCCC1C(C)(C)C. The number of hydrogen-bond donors (Lipinski definition) is 1. The number of rotatable bonds is 5. The zero-order chi connectivity index (χ0) is 14.5. The first kappa shape index (κ1) is 16.4. The largest absolute Gasteiger partial charge is 0.468 e. The summed E-state index contributed by atoms with van der Waals surface area (Å²) in [6.45, 7) is 7.91. The second-order valence-corrected chi connectivity index (χ2v) is 6.55. The molecule has 1 aliphatic rings. The molecule has 112 valence electrons. The van der Waals surface area contributed by atoms with Crippen molar-refractivity contribution in [1.29, 1.82) is 0 Å². The van der Waals surface area contributed by atoms with E-state index in [2.05, 4.69) is 26.1 Å². The second-order valence-electron chi connectivity index (χ2n) is 6.55. The van der Waals surface area contributed by atoms with Crippen LogP contribution in [0.3, 0.4) is 0 Å². The fraction of sp³-hybridized carbons (Fsp3) is 0.933. The Balaban J connectivity index is 2.99. The minimum absolute atomic E-state index is 0.0781. The Morgan fingerprint density at radius 3 is 2.53 bits per heavy atom. The molecule has 0 amide bonds. The van der Waals surface area contributed by atoms with Crippen LogP contribution in [0.1, 0.15) is 46.5 Å². The molecule has 0 saturated heterocycles. The summed E-state index contributed by atoms with van der Waals surface area (Å²) in [5, 5.41) is 3.44. The van der Waals surface area contributed by atoms with Crippen LogP contribution in [0, 0.1) is 11.3 Å². The Kier molecular flexibility index (Phi) is 5.81. The number of esters is 1. The van der Waals surface area contributed by atoms with Crippen molar-refractivity contribution in [3.63, 3.8) is 0 Å². The molecule has 0 aromatic carbocycles. The third-order valence-electron chi connectivity index (χ3n) is 4.25. The lowest BCUT2D eigenvalue weighted by atomic mass is 9.62. The number of methoxy groups -OCH3 is 2. The Bertz CT molecular complexity index is 298. The molecule has 4 heteroatoms. The Morgan fingerprint density at radius 2 is 2.00 bits per heavy atom. The first-order chi connectivity index (χ1) is 8.88. The molecule has 1 rings (SSSR count). The predicted molar refractivity (Wildman–Crippen MR) is 76.0 cm³/mol. The quantitative estimate of drug-likeness (QED) is 0.616. The Morgan fingerprint density at radius 1 is 1.32 bits per heavy atom. The van der Waals surface area contributed by atoms with Crippen LogP contribution in [0.5, 0.6) is 0 Å². The van der Waals surface area contributed by atoms with E-state index in [1.54, 1.807) is 7.11 Å². The fourth-order valence-corrected chi connectivity index (χ4v) is 3.43. The van der Waals surface area contributed by atoms with E-state index in [0.717, 1.165) is 19.3 Å². The maximum atomic E-state index is 12.4. The number of carbonyl (C=O) groups excluding carboxylic acids is 1. The first-order valence-corrected chi connectivity index (χ1v) is 7.21. The Labute approximate surface area is 117 Å². The highest BCUT2D eigenvalue weighted by Gasteiger charge is 2.51. The Hall–Kier alpha value is -0.610. The van der Waals surface area contributed by atoms with E-state index in [9.17, 15) is 4.79 Å². The van der Waals surface area contributed by atoms with Gasteiger partial charge in [0.1, 0.15) is 5.54 Å². The lowest BCUT2D eigenvalue weighted by Gasteiger charge is -2.48. The molecule has 4 nitrogen and oxygen atoms in total. The van der Waals surface area contributed by atoms with E-state index >= 15 is 0 Å². The predicted octanol–water partition coefficient (Wildman–Crippen LogP) is 2.37. The van der Waals surface area contributed by atoms with Crippen LogP contribution >= 0.6 is 0 Å². The zero-order valence-corrected chi connectivity index (χ0v) is 13.0. The lowest BCUT2D eigenvalue weighted by molar-refractivity contribution is -0.156. The van der Waals surface area contributed by atoms with Crippen molar-refractivity contribution in [2.45, 2.75) is 52.0 Å². The summed E-state index contributed by atoms with van der Waals surface area (Å²) in [5.41, 5.74) is -0.474.